The van der Waals surface area contributed by atoms with E-state index in [2.05, 4.69) is 0 Å². The maximum Gasteiger partial charge on any atom is 0.248 e. The van der Waals surface area contributed by atoms with Gasteiger partial charge in [0.25, 0.3) is 0 Å². The van der Waals surface area contributed by atoms with Gasteiger partial charge in [-0.25, -0.2) is 4.39 Å². The summed E-state index contributed by atoms with van der Waals surface area (Å²) in [5, 5.41) is 0. The summed E-state index contributed by atoms with van der Waals surface area (Å²) in [7, 11) is 1.67. The molecule has 2 rings (SSSR count). The number of nitrogens with zero attached hydrogens (tertiary/aromatic N) is 1. The average molecular weight is 326 g/mol. The largest absolute Gasteiger partial charge is 0.366 e. The van der Waals surface area contributed by atoms with E-state index >= 15 is 0 Å². The van der Waals surface area contributed by atoms with E-state index in [4.69, 9.17) is 5.73 Å². The number of carbonyl (C=O) groups is 2. The molecule has 2 aromatic carbocycles. The van der Waals surface area contributed by atoms with Crippen molar-refractivity contribution in [3.8, 4) is 0 Å². The van der Waals surface area contributed by atoms with Crippen molar-refractivity contribution in [3.05, 3.63) is 77.1 Å². The monoisotopic (exact) mass is 326 g/mol. The number of rotatable bonds is 6. The lowest BCUT2D eigenvalue weighted by atomic mass is 10.1. The number of primary amides is 1. The van der Waals surface area contributed by atoms with Crippen molar-refractivity contribution < 1.29 is 14.0 Å². The standard InChI is InChI=1S/C19H19FN2O2/c1-22(13-12-15-4-2-3-5-17(15)20)18(23)11-8-14-6-9-16(10-7-14)19(21)24/h2-11H,12-13H2,1H3,(H2,21,24). The summed E-state index contributed by atoms with van der Waals surface area (Å²) in [5.74, 6) is -0.928. The highest BCUT2D eigenvalue weighted by molar-refractivity contribution is 5.94. The Labute approximate surface area is 140 Å². The predicted octanol–water partition coefficient (Wildman–Crippen LogP) is 2.64. The van der Waals surface area contributed by atoms with E-state index in [-0.39, 0.29) is 11.7 Å². The molecule has 0 aromatic heterocycles. The zero-order valence-electron chi connectivity index (χ0n) is 13.4. The van der Waals surface area contributed by atoms with Gasteiger partial charge in [0.2, 0.25) is 11.8 Å². The second-order valence-electron chi connectivity index (χ2n) is 5.42. The summed E-state index contributed by atoms with van der Waals surface area (Å²) in [6.45, 7) is 0.421. The number of amides is 2. The van der Waals surface area contributed by atoms with Crippen molar-refractivity contribution in [1.82, 2.24) is 4.90 Å². The number of hydrogen-bond donors (Lipinski definition) is 1. The molecule has 0 heterocycles. The van der Waals surface area contributed by atoms with E-state index in [1.54, 1.807) is 55.6 Å². The first kappa shape index (κ1) is 17.4. The molecule has 0 bridgehead atoms. The molecule has 0 radical (unpaired) electrons. The number of halogens is 1. The van der Waals surface area contributed by atoms with Crippen LogP contribution >= 0.6 is 0 Å². The number of benzene rings is 2. The zero-order valence-corrected chi connectivity index (χ0v) is 13.4. The molecule has 0 fully saturated rings. The highest BCUT2D eigenvalue weighted by atomic mass is 19.1. The quantitative estimate of drug-likeness (QED) is 0.830. The molecule has 2 N–H and O–H groups in total. The van der Waals surface area contributed by atoms with Crippen molar-refractivity contribution in [2.24, 2.45) is 5.73 Å². The number of likely N-dealkylation sites (N-methyl/N-ethyl adjacent to an activating group) is 1. The molecule has 5 heteroatoms. The minimum atomic E-state index is -0.491. The third-order valence-electron chi connectivity index (χ3n) is 3.66. The summed E-state index contributed by atoms with van der Waals surface area (Å²) >= 11 is 0. The van der Waals surface area contributed by atoms with E-state index in [1.165, 1.54) is 17.0 Å². The van der Waals surface area contributed by atoms with Gasteiger partial charge in [-0.05, 0) is 41.8 Å². The Hall–Kier alpha value is -2.95. The van der Waals surface area contributed by atoms with E-state index in [1.807, 2.05) is 0 Å². The molecular weight excluding hydrogens is 307 g/mol. The number of hydrogen-bond acceptors (Lipinski definition) is 2. The van der Waals surface area contributed by atoms with Crippen LogP contribution in [0.4, 0.5) is 4.39 Å². The van der Waals surface area contributed by atoms with E-state index < -0.39 is 5.91 Å². The van der Waals surface area contributed by atoms with Gasteiger partial charge in [-0.2, -0.15) is 0 Å². The van der Waals surface area contributed by atoms with Gasteiger partial charge in [-0.3, -0.25) is 9.59 Å². The van der Waals surface area contributed by atoms with Gasteiger partial charge in [0, 0.05) is 25.2 Å². The van der Waals surface area contributed by atoms with Crippen LogP contribution in [0.15, 0.2) is 54.6 Å². The maximum absolute atomic E-state index is 13.5. The van der Waals surface area contributed by atoms with Gasteiger partial charge < -0.3 is 10.6 Å². The molecule has 2 amide bonds. The van der Waals surface area contributed by atoms with Crippen molar-refractivity contribution >= 4 is 17.9 Å². The topological polar surface area (TPSA) is 63.4 Å². The van der Waals surface area contributed by atoms with Gasteiger partial charge in [-0.1, -0.05) is 30.3 Å². The third kappa shape index (κ3) is 4.78. The molecule has 0 atom stereocenters. The second kappa shape index (κ2) is 8.06. The van der Waals surface area contributed by atoms with Crippen LogP contribution in [0.3, 0.4) is 0 Å². The summed E-state index contributed by atoms with van der Waals surface area (Å²) in [6, 6.07) is 13.2. The third-order valence-corrected chi connectivity index (χ3v) is 3.66. The summed E-state index contributed by atoms with van der Waals surface area (Å²) in [6.07, 6.45) is 3.56. The lowest BCUT2D eigenvalue weighted by molar-refractivity contribution is -0.124. The normalized spacial score (nSPS) is 10.8. The predicted molar refractivity (Wildman–Crippen MR) is 91.7 cm³/mol. The number of carbonyl (C=O) groups excluding carboxylic acids is 2. The highest BCUT2D eigenvalue weighted by Gasteiger charge is 2.07. The van der Waals surface area contributed by atoms with Crippen LogP contribution in [0.2, 0.25) is 0 Å². The fourth-order valence-corrected chi connectivity index (χ4v) is 2.15. The van der Waals surface area contributed by atoms with Crippen LogP contribution < -0.4 is 5.73 Å². The van der Waals surface area contributed by atoms with Gasteiger partial charge in [0.1, 0.15) is 5.82 Å². The first-order chi connectivity index (χ1) is 11.5. The fourth-order valence-electron chi connectivity index (χ4n) is 2.15. The summed E-state index contributed by atoms with van der Waals surface area (Å²) in [5.41, 5.74) is 6.96. The molecule has 0 spiro atoms. The Balaban J connectivity index is 1.91. The fraction of sp³-hybridized carbons (Fsp3) is 0.158. The van der Waals surface area contributed by atoms with E-state index in [0.29, 0.717) is 24.1 Å². The molecule has 0 aliphatic carbocycles. The molecule has 2 aromatic rings. The Morgan fingerprint density at radius 3 is 2.42 bits per heavy atom. The molecule has 0 aliphatic heterocycles. The number of nitrogens with two attached hydrogens (primary N) is 1. The van der Waals surface area contributed by atoms with Crippen molar-refractivity contribution in [1.29, 1.82) is 0 Å². The SMILES string of the molecule is CN(CCc1ccccc1F)C(=O)C=Cc1ccc(C(N)=O)cc1. The van der Waals surface area contributed by atoms with Crippen molar-refractivity contribution in [3.63, 3.8) is 0 Å². The van der Waals surface area contributed by atoms with Gasteiger partial charge in [0.05, 0.1) is 0 Å². The Bertz CT molecular complexity index is 754. The molecule has 124 valence electrons. The van der Waals surface area contributed by atoms with Gasteiger partial charge in [0.15, 0.2) is 0 Å². The molecule has 4 nitrogen and oxygen atoms in total. The minimum absolute atomic E-state index is 0.176. The highest BCUT2D eigenvalue weighted by Crippen LogP contribution is 2.09. The molecular formula is C19H19FN2O2. The van der Waals surface area contributed by atoms with Crippen LogP contribution in [0.1, 0.15) is 21.5 Å². The van der Waals surface area contributed by atoms with Crippen molar-refractivity contribution in [2.75, 3.05) is 13.6 Å². The molecule has 0 aliphatic rings. The van der Waals surface area contributed by atoms with Crippen molar-refractivity contribution in [2.45, 2.75) is 6.42 Å². The average Bonchev–Trinajstić information content (AvgIpc) is 2.59. The minimum Gasteiger partial charge on any atom is -0.366 e. The molecule has 0 unspecified atom stereocenters. The van der Waals surface area contributed by atoms with E-state index in [9.17, 15) is 14.0 Å². The first-order valence-corrected chi connectivity index (χ1v) is 7.54. The Morgan fingerprint density at radius 1 is 1.12 bits per heavy atom. The van der Waals surface area contributed by atoms with Gasteiger partial charge in [-0.15, -0.1) is 0 Å². The lowest BCUT2D eigenvalue weighted by Crippen LogP contribution is -2.27. The smallest absolute Gasteiger partial charge is 0.248 e. The molecule has 0 saturated carbocycles. The van der Waals surface area contributed by atoms with Gasteiger partial charge >= 0.3 is 0 Å². The van der Waals surface area contributed by atoms with E-state index in [0.717, 1.165) is 5.56 Å². The van der Waals surface area contributed by atoms with Crippen LogP contribution in [0, 0.1) is 5.82 Å². The summed E-state index contributed by atoms with van der Waals surface area (Å²) < 4.78 is 13.5. The zero-order chi connectivity index (χ0) is 17.5. The van der Waals surface area contributed by atoms with Crippen LogP contribution in [-0.4, -0.2) is 30.3 Å². The molecule has 0 saturated heterocycles. The first-order valence-electron chi connectivity index (χ1n) is 7.54. The Morgan fingerprint density at radius 2 is 1.79 bits per heavy atom. The Kier molecular flexibility index (Phi) is 5.84. The van der Waals surface area contributed by atoms with Crippen LogP contribution in [0.25, 0.3) is 6.08 Å². The summed E-state index contributed by atoms with van der Waals surface area (Å²) in [4.78, 5) is 24.6. The van der Waals surface area contributed by atoms with Crippen LogP contribution in [-0.2, 0) is 11.2 Å². The maximum atomic E-state index is 13.5. The lowest BCUT2D eigenvalue weighted by Gasteiger charge is -2.15. The second-order valence-corrected chi connectivity index (χ2v) is 5.42. The van der Waals surface area contributed by atoms with Crippen LogP contribution in [0.5, 0.6) is 0 Å². The molecule has 24 heavy (non-hydrogen) atoms.